The van der Waals surface area contributed by atoms with Gasteiger partial charge in [0.1, 0.15) is 0 Å². The van der Waals surface area contributed by atoms with Gasteiger partial charge in [-0.25, -0.2) is 4.98 Å². The maximum absolute atomic E-state index is 13.0. The number of anilines is 1. The Hall–Kier alpha value is -1.16. The standard InChI is InChI=1S/C12H16FN3/c13-12-8-10(3-4-14-12)16-7-6-15-5-1-2-11(15)9-16/h3-4,8,11H,1-2,5-7,9H2. The first-order valence-electron chi connectivity index (χ1n) is 5.93. The van der Waals surface area contributed by atoms with E-state index >= 15 is 0 Å². The van der Waals surface area contributed by atoms with Crippen LogP contribution in [0.4, 0.5) is 10.1 Å². The highest BCUT2D eigenvalue weighted by Crippen LogP contribution is 2.25. The van der Waals surface area contributed by atoms with Crippen LogP contribution in [0.25, 0.3) is 0 Å². The van der Waals surface area contributed by atoms with Gasteiger partial charge in [0.15, 0.2) is 0 Å². The first kappa shape index (κ1) is 10.0. The minimum atomic E-state index is -0.383. The Morgan fingerprint density at radius 1 is 1.31 bits per heavy atom. The van der Waals surface area contributed by atoms with Crippen molar-refractivity contribution in [1.29, 1.82) is 0 Å². The highest BCUT2D eigenvalue weighted by Gasteiger charge is 2.30. The van der Waals surface area contributed by atoms with E-state index in [2.05, 4.69) is 14.8 Å². The average Bonchev–Trinajstić information content (AvgIpc) is 2.75. The molecule has 2 aliphatic heterocycles. The lowest BCUT2D eigenvalue weighted by Gasteiger charge is -2.38. The molecular formula is C12H16FN3. The van der Waals surface area contributed by atoms with E-state index in [0.29, 0.717) is 6.04 Å². The number of hydrogen-bond acceptors (Lipinski definition) is 3. The molecule has 0 bridgehead atoms. The van der Waals surface area contributed by atoms with Gasteiger partial charge in [-0.1, -0.05) is 0 Å². The van der Waals surface area contributed by atoms with E-state index in [4.69, 9.17) is 0 Å². The van der Waals surface area contributed by atoms with Crippen LogP contribution in [0.15, 0.2) is 18.3 Å². The summed E-state index contributed by atoms with van der Waals surface area (Å²) in [4.78, 5) is 8.42. The zero-order valence-corrected chi connectivity index (χ0v) is 9.27. The van der Waals surface area contributed by atoms with E-state index in [-0.39, 0.29) is 5.95 Å². The lowest BCUT2D eigenvalue weighted by Crippen LogP contribution is -2.50. The molecule has 0 aromatic carbocycles. The normalized spacial score (nSPS) is 25.8. The quantitative estimate of drug-likeness (QED) is 0.670. The monoisotopic (exact) mass is 221 g/mol. The Balaban J connectivity index is 1.76. The van der Waals surface area contributed by atoms with Gasteiger partial charge in [0.05, 0.1) is 0 Å². The molecule has 0 N–H and O–H groups in total. The van der Waals surface area contributed by atoms with E-state index < -0.39 is 0 Å². The van der Waals surface area contributed by atoms with Crippen LogP contribution in [0.3, 0.4) is 0 Å². The number of rotatable bonds is 1. The molecule has 1 atom stereocenters. The first-order chi connectivity index (χ1) is 7.83. The molecule has 4 heteroatoms. The summed E-state index contributed by atoms with van der Waals surface area (Å²) in [7, 11) is 0. The van der Waals surface area contributed by atoms with Crippen molar-refractivity contribution in [3.8, 4) is 0 Å². The molecule has 3 nitrogen and oxygen atoms in total. The second kappa shape index (κ2) is 4.01. The molecule has 0 saturated carbocycles. The van der Waals surface area contributed by atoms with Gasteiger partial charge in [0.2, 0.25) is 5.95 Å². The van der Waals surface area contributed by atoms with Crippen molar-refractivity contribution >= 4 is 5.69 Å². The molecule has 1 unspecified atom stereocenters. The summed E-state index contributed by atoms with van der Waals surface area (Å²) < 4.78 is 13.0. The summed E-state index contributed by atoms with van der Waals surface area (Å²) in [5, 5.41) is 0. The molecular weight excluding hydrogens is 205 g/mol. The van der Waals surface area contributed by atoms with Crippen molar-refractivity contribution < 1.29 is 4.39 Å². The number of halogens is 1. The number of fused-ring (bicyclic) bond motifs is 1. The van der Waals surface area contributed by atoms with Gasteiger partial charge in [-0.15, -0.1) is 0 Å². The largest absolute Gasteiger partial charge is 0.369 e. The molecule has 1 aromatic rings. The molecule has 0 radical (unpaired) electrons. The summed E-state index contributed by atoms with van der Waals surface area (Å²) in [6.07, 6.45) is 4.14. The summed E-state index contributed by atoms with van der Waals surface area (Å²) in [6.45, 7) is 4.38. The minimum Gasteiger partial charge on any atom is -0.369 e. The second-order valence-electron chi connectivity index (χ2n) is 4.61. The van der Waals surface area contributed by atoms with Crippen molar-refractivity contribution in [1.82, 2.24) is 9.88 Å². The van der Waals surface area contributed by atoms with Gasteiger partial charge in [0.25, 0.3) is 0 Å². The van der Waals surface area contributed by atoms with Crippen LogP contribution in [-0.4, -0.2) is 42.1 Å². The van der Waals surface area contributed by atoms with Crippen LogP contribution in [-0.2, 0) is 0 Å². The van der Waals surface area contributed by atoms with Crippen LogP contribution in [0.5, 0.6) is 0 Å². The molecule has 3 heterocycles. The van der Waals surface area contributed by atoms with Crippen LogP contribution in [0.1, 0.15) is 12.8 Å². The molecule has 3 rings (SSSR count). The number of pyridine rings is 1. The van der Waals surface area contributed by atoms with E-state index in [1.807, 2.05) is 6.07 Å². The van der Waals surface area contributed by atoms with E-state index in [1.54, 1.807) is 6.20 Å². The zero-order chi connectivity index (χ0) is 11.0. The van der Waals surface area contributed by atoms with Gasteiger partial charge in [0, 0.05) is 43.6 Å². The fraction of sp³-hybridized carbons (Fsp3) is 0.583. The summed E-state index contributed by atoms with van der Waals surface area (Å²) in [6, 6.07) is 4.10. The van der Waals surface area contributed by atoms with E-state index in [0.717, 1.165) is 25.3 Å². The number of nitrogens with zero attached hydrogens (tertiary/aromatic N) is 3. The number of hydrogen-bond donors (Lipinski definition) is 0. The molecule has 16 heavy (non-hydrogen) atoms. The summed E-state index contributed by atoms with van der Waals surface area (Å²) in [5.41, 5.74) is 0.971. The van der Waals surface area contributed by atoms with Crippen LogP contribution >= 0.6 is 0 Å². The number of piperazine rings is 1. The van der Waals surface area contributed by atoms with Crippen molar-refractivity contribution in [2.24, 2.45) is 0 Å². The SMILES string of the molecule is Fc1cc(N2CCN3CCCC3C2)ccn1. The molecule has 0 aliphatic carbocycles. The van der Waals surface area contributed by atoms with Crippen molar-refractivity contribution in [3.05, 3.63) is 24.3 Å². The maximum atomic E-state index is 13.0. The van der Waals surface area contributed by atoms with Gasteiger partial charge in [-0.3, -0.25) is 4.90 Å². The van der Waals surface area contributed by atoms with Crippen molar-refractivity contribution in [2.75, 3.05) is 31.1 Å². The molecule has 0 amide bonds. The topological polar surface area (TPSA) is 19.4 Å². The Bertz CT molecular complexity index is 382. The molecule has 2 fully saturated rings. The van der Waals surface area contributed by atoms with Gasteiger partial charge < -0.3 is 4.90 Å². The fourth-order valence-electron chi connectivity index (χ4n) is 2.81. The minimum absolute atomic E-state index is 0.383. The lowest BCUT2D eigenvalue weighted by molar-refractivity contribution is 0.231. The fourth-order valence-corrected chi connectivity index (χ4v) is 2.81. The molecule has 86 valence electrons. The third-order valence-corrected chi connectivity index (χ3v) is 3.66. The smallest absolute Gasteiger partial charge is 0.214 e. The highest BCUT2D eigenvalue weighted by molar-refractivity contribution is 5.45. The molecule has 0 spiro atoms. The van der Waals surface area contributed by atoms with Crippen LogP contribution in [0.2, 0.25) is 0 Å². The van der Waals surface area contributed by atoms with E-state index in [9.17, 15) is 4.39 Å². The van der Waals surface area contributed by atoms with Crippen LogP contribution in [0, 0.1) is 5.95 Å². The number of aromatic nitrogens is 1. The van der Waals surface area contributed by atoms with Crippen molar-refractivity contribution in [2.45, 2.75) is 18.9 Å². The van der Waals surface area contributed by atoms with Gasteiger partial charge in [-0.05, 0) is 25.5 Å². The zero-order valence-electron chi connectivity index (χ0n) is 9.27. The molecule has 1 aromatic heterocycles. The predicted molar refractivity (Wildman–Crippen MR) is 61.0 cm³/mol. The molecule has 2 aliphatic rings. The highest BCUT2D eigenvalue weighted by atomic mass is 19.1. The summed E-state index contributed by atoms with van der Waals surface area (Å²) >= 11 is 0. The third kappa shape index (κ3) is 1.78. The Morgan fingerprint density at radius 2 is 2.25 bits per heavy atom. The van der Waals surface area contributed by atoms with Crippen LogP contribution < -0.4 is 4.90 Å². The Kier molecular flexibility index (Phi) is 2.52. The van der Waals surface area contributed by atoms with E-state index in [1.165, 1.54) is 25.5 Å². The first-order valence-corrected chi connectivity index (χ1v) is 5.93. The third-order valence-electron chi connectivity index (χ3n) is 3.66. The predicted octanol–water partition coefficient (Wildman–Crippen LogP) is 1.51. The van der Waals surface area contributed by atoms with Gasteiger partial charge in [-0.2, -0.15) is 4.39 Å². The lowest BCUT2D eigenvalue weighted by atomic mass is 10.1. The molecule has 2 saturated heterocycles. The van der Waals surface area contributed by atoms with Gasteiger partial charge >= 0.3 is 0 Å². The maximum Gasteiger partial charge on any atom is 0.214 e. The van der Waals surface area contributed by atoms with Crippen molar-refractivity contribution in [3.63, 3.8) is 0 Å². The Morgan fingerprint density at radius 3 is 3.12 bits per heavy atom. The average molecular weight is 221 g/mol. The second-order valence-corrected chi connectivity index (χ2v) is 4.61. The summed E-state index contributed by atoms with van der Waals surface area (Å²) in [5.74, 6) is -0.383. The Labute approximate surface area is 94.9 Å².